The van der Waals surface area contributed by atoms with E-state index >= 15 is 0 Å². The number of nitrogens with one attached hydrogen (secondary N) is 2. The molecule has 1 aliphatic rings. The number of anilines is 1. The lowest BCUT2D eigenvalue weighted by Crippen LogP contribution is -2.31. The minimum absolute atomic E-state index is 0.261. The standard InChI is InChI=1S/C15H22N2O3/c1-11(18)13-3-2-4-14(9-13)17-15(19)16-7-8-20-10-12-5-6-12/h2-4,9,11-12,18H,5-8,10H2,1H3,(H2,16,17,19). The van der Waals surface area contributed by atoms with E-state index in [2.05, 4.69) is 10.6 Å². The molecule has 0 saturated heterocycles. The summed E-state index contributed by atoms with van der Waals surface area (Å²) >= 11 is 0. The zero-order chi connectivity index (χ0) is 14.4. The van der Waals surface area contributed by atoms with Crippen molar-refractivity contribution >= 4 is 11.7 Å². The van der Waals surface area contributed by atoms with E-state index in [9.17, 15) is 9.90 Å². The first-order valence-corrected chi connectivity index (χ1v) is 7.06. The Morgan fingerprint density at radius 3 is 3.00 bits per heavy atom. The first-order chi connectivity index (χ1) is 9.65. The van der Waals surface area contributed by atoms with Crippen molar-refractivity contribution in [2.45, 2.75) is 25.9 Å². The predicted molar refractivity (Wildman–Crippen MR) is 77.6 cm³/mol. The van der Waals surface area contributed by atoms with Gasteiger partial charge in [-0.15, -0.1) is 0 Å². The van der Waals surface area contributed by atoms with Gasteiger partial charge in [0.1, 0.15) is 0 Å². The topological polar surface area (TPSA) is 70.6 Å². The molecule has 1 aromatic carbocycles. The predicted octanol–water partition coefficient (Wildman–Crippen LogP) is 2.29. The van der Waals surface area contributed by atoms with Crippen molar-refractivity contribution in [2.75, 3.05) is 25.1 Å². The average Bonchev–Trinajstić information content (AvgIpc) is 3.22. The zero-order valence-electron chi connectivity index (χ0n) is 11.8. The Morgan fingerprint density at radius 2 is 2.30 bits per heavy atom. The molecule has 1 atom stereocenters. The lowest BCUT2D eigenvalue weighted by Gasteiger charge is -2.10. The van der Waals surface area contributed by atoms with Crippen LogP contribution in [0.2, 0.25) is 0 Å². The first-order valence-electron chi connectivity index (χ1n) is 7.06. The number of amides is 2. The second-order valence-corrected chi connectivity index (χ2v) is 5.20. The molecular formula is C15H22N2O3. The van der Waals surface area contributed by atoms with Gasteiger partial charge < -0.3 is 20.5 Å². The molecule has 5 nitrogen and oxygen atoms in total. The van der Waals surface area contributed by atoms with E-state index in [0.717, 1.165) is 18.1 Å². The van der Waals surface area contributed by atoms with E-state index in [1.165, 1.54) is 12.8 Å². The molecule has 110 valence electrons. The van der Waals surface area contributed by atoms with Crippen molar-refractivity contribution in [3.63, 3.8) is 0 Å². The SMILES string of the molecule is CC(O)c1cccc(NC(=O)NCCOCC2CC2)c1. The van der Waals surface area contributed by atoms with E-state index < -0.39 is 6.10 Å². The fourth-order valence-electron chi connectivity index (χ4n) is 1.82. The van der Waals surface area contributed by atoms with Gasteiger partial charge in [0.05, 0.1) is 12.7 Å². The Hall–Kier alpha value is -1.59. The van der Waals surface area contributed by atoms with Crippen LogP contribution in [0.5, 0.6) is 0 Å². The van der Waals surface area contributed by atoms with E-state index in [-0.39, 0.29) is 6.03 Å². The third-order valence-electron chi connectivity index (χ3n) is 3.21. The average molecular weight is 278 g/mol. The number of rotatable bonds is 7. The summed E-state index contributed by atoms with van der Waals surface area (Å²) in [6, 6.07) is 6.90. The normalized spacial score (nSPS) is 15.7. The third-order valence-corrected chi connectivity index (χ3v) is 3.21. The van der Waals surface area contributed by atoms with Crippen LogP contribution >= 0.6 is 0 Å². The molecule has 2 rings (SSSR count). The van der Waals surface area contributed by atoms with Crippen LogP contribution < -0.4 is 10.6 Å². The number of aliphatic hydroxyl groups is 1. The molecular weight excluding hydrogens is 256 g/mol. The van der Waals surface area contributed by atoms with E-state index in [4.69, 9.17) is 4.74 Å². The highest BCUT2D eigenvalue weighted by molar-refractivity contribution is 5.89. The number of ether oxygens (including phenoxy) is 1. The van der Waals surface area contributed by atoms with Gasteiger partial charge in [0.25, 0.3) is 0 Å². The molecule has 0 bridgehead atoms. The number of urea groups is 1. The van der Waals surface area contributed by atoms with Crippen LogP contribution in [0, 0.1) is 5.92 Å². The number of carbonyl (C=O) groups is 1. The Labute approximate surface area is 119 Å². The van der Waals surface area contributed by atoms with Gasteiger partial charge in [-0.2, -0.15) is 0 Å². The van der Waals surface area contributed by atoms with Crippen LogP contribution in [0.25, 0.3) is 0 Å². The van der Waals surface area contributed by atoms with E-state index in [1.54, 1.807) is 25.1 Å². The molecule has 2 amide bonds. The van der Waals surface area contributed by atoms with Crippen LogP contribution in [0.1, 0.15) is 31.4 Å². The molecule has 0 spiro atoms. The fraction of sp³-hybridized carbons (Fsp3) is 0.533. The summed E-state index contributed by atoms with van der Waals surface area (Å²) in [4.78, 5) is 11.7. The Bertz CT molecular complexity index is 444. The summed E-state index contributed by atoms with van der Waals surface area (Å²) < 4.78 is 5.43. The maximum absolute atomic E-state index is 11.7. The lowest BCUT2D eigenvalue weighted by atomic mass is 10.1. The van der Waals surface area contributed by atoms with Crippen molar-refractivity contribution in [3.8, 4) is 0 Å². The minimum Gasteiger partial charge on any atom is -0.389 e. The number of benzene rings is 1. The first kappa shape index (κ1) is 14.8. The van der Waals surface area contributed by atoms with Crippen LogP contribution in [0.4, 0.5) is 10.5 Å². The molecule has 0 aromatic heterocycles. The summed E-state index contributed by atoms with van der Waals surface area (Å²) in [5.41, 5.74) is 1.44. The van der Waals surface area contributed by atoms with Crippen LogP contribution in [-0.4, -0.2) is 30.9 Å². The molecule has 3 N–H and O–H groups in total. The molecule has 1 aliphatic carbocycles. The van der Waals surface area contributed by atoms with E-state index in [0.29, 0.717) is 18.8 Å². The Balaban J connectivity index is 1.66. The lowest BCUT2D eigenvalue weighted by molar-refractivity contribution is 0.127. The molecule has 20 heavy (non-hydrogen) atoms. The zero-order valence-corrected chi connectivity index (χ0v) is 11.8. The molecule has 0 aliphatic heterocycles. The Morgan fingerprint density at radius 1 is 1.50 bits per heavy atom. The Kier molecular flexibility index (Phi) is 5.38. The van der Waals surface area contributed by atoms with Crippen molar-refractivity contribution in [1.29, 1.82) is 0 Å². The molecule has 1 aromatic rings. The maximum atomic E-state index is 11.7. The van der Waals surface area contributed by atoms with Gasteiger partial charge in [-0.3, -0.25) is 0 Å². The minimum atomic E-state index is -0.546. The molecule has 1 fully saturated rings. The number of hydrogen-bond acceptors (Lipinski definition) is 3. The number of hydrogen-bond donors (Lipinski definition) is 3. The quantitative estimate of drug-likeness (QED) is 0.670. The van der Waals surface area contributed by atoms with Gasteiger partial charge in [0.15, 0.2) is 0 Å². The highest BCUT2D eigenvalue weighted by atomic mass is 16.5. The summed E-state index contributed by atoms with van der Waals surface area (Å²) in [5, 5.41) is 15.0. The van der Waals surface area contributed by atoms with Crippen molar-refractivity contribution < 1.29 is 14.6 Å². The maximum Gasteiger partial charge on any atom is 0.319 e. The van der Waals surface area contributed by atoms with Crippen LogP contribution in [0.15, 0.2) is 24.3 Å². The van der Waals surface area contributed by atoms with E-state index in [1.807, 2.05) is 6.07 Å². The summed E-state index contributed by atoms with van der Waals surface area (Å²) in [6.45, 7) is 3.53. The van der Waals surface area contributed by atoms with Crippen LogP contribution in [-0.2, 0) is 4.74 Å². The molecule has 1 saturated carbocycles. The molecule has 0 radical (unpaired) electrons. The monoisotopic (exact) mass is 278 g/mol. The second-order valence-electron chi connectivity index (χ2n) is 5.20. The summed E-state index contributed by atoms with van der Waals surface area (Å²) in [6.07, 6.45) is 2.00. The number of aliphatic hydroxyl groups excluding tert-OH is 1. The molecule has 5 heteroatoms. The van der Waals surface area contributed by atoms with Crippen molar-refractivity contribution in [3.05, 3.63) is 29.8 Å². The van der Waals surface area contributed by atoms with Gasteiger partial charge in [-0.1, -0.05) is 12.1 Å². The highest BCUT2D eigenvalue weighted by Gasteiger charge is 2.20. The van der Waals surface area contributed by atoms with Crippen molar-refractivity contribution in [1.82, 2.24) is 5.32 Å². The van der Waals surface area contributed by atoms with Gasteiger partial charge in [0.2, 0.25) is 0 Å². The fourth-order valence-corrected chi connectivity index (χ4v) is 1.82. The highest BCUT2D eigenvalue weighted by Crippen LogP contribution is 2.28. The molecule has 0 heterocycles. The summed E-state index contributed by atoms with van der Waals surface area (Å²) in [5.74, 6) is 0.743. The summed E-state index contributed by atoms with van der Waals surface area (Å²) in [7, 11) is 0. The number of carbonyl (C=O) groups excluding carboxylic acids is 1. The molecule has 1 unspecified atom stereocenters. The largest absolute Gasteiger partial charge is 0.389 e. The van der Waals surface area contributed by atoms with Gasteiger partial charge in [0, 0.05) is 18.8 Å². The third kappa shape index (κ3) is 5.19. The smallest absolute Gasteiger partial charge is 0.319 e. The van der Waals surface area contributed by atoms with Gasteiger partial charge in [-0.25, -0.2) is 4.79 Å². The van der Waals surface area contributed by atoms with Gasteiger partial charge >= 0.3 is 6.03 Å². The van der Waals surface area contributed by atoms with Crippen LogP contribution in [0.3, 0.4) is 0 Å². The van der Waals surface area contributed by atoms with Crippen molar-refractivity contribution in [2.24, 2.45) is 5.92 Å². The van der Waals surface area contributed by atoms with Gasteiger partial charge in [-0.05, 0) is 43.4 Å². The second kappa shape index (κ2) is 7.26.